The van der Waals surface area contributed by atoms with Crippen LogP contribution in [0.25, 0.3) is 11.5 Å². The predicted molar refractivity (Wildman–Crippen MR) is 117 cm³/mol. The van der Waals surface area contributed by atoms with E-state index < -0.39 is 0 Å². The second-order valence-electron chi connectivity index (χ2n) is 8.25. The zero-order valence-electron chi connectivity index (χ0n) is 17.8. The van der Waals surface area contributed by atoms with Gasteiger partial charge in [0.15, 0.2) is 5.76 Å². The minimum Gasteiger partial charge on any atom is -0.463 e. The molecule has 0 saturated carbocycles. The number of aromatic nitrogens is 2. The number of fused-ring (bicyclic) bond motifs is 1. The molecule has 31 heavy (non-hydrogen) atoms. The van der Waals surface area contributed by atoms with Gasteiger partial charge in [-0.1, -0.05) is 12.1 Å². The monoisotopic (exact) mass is 422 g/mol. The van der Waals surface area contributed by atoms with Gasteiger partial charge in [-0.05, 0) is 30.3 Å². The smallest absolute Gasteiger partial charge is 0.223 e. The maximum atomic E-state index is 6.12. The standard InChI is InChI=1S/C23H27N5O3/c1-28(2)16-7-5-15(6-8-16)12-25-18-13-30-22-19(14-31-21(18)22)27-23-24-10-9-17(26-23)20-4-3-11-29-20/h3-11,18-19,21-22,25H,12-14H2,1-2H3,(H,24,26,27)/p+1/t18-,19-,21+,22+/m0/s1. The molecular formula is C23H28N5O3+. The van der Waals surface area contributed by atoms with Crippen LogP contribution in [0.5, 0.6) is 0 Å². The van der Waals surface area contributed by atoms with E-state index in [9.17, 15) is 0 Å². The van der Waals surface area contributed by atoms with Crippen molar-refractivity contribution >= 4 is 11.6 Å². The number of furan rings is 1. The maximum Gasteiger partial charge on any atom is 0.223 e. The van der Waals surface area contributed by atoms with Gasteiger partial charge in [-0.15, -0.1) is 0 Å². The summed E-state index contributed by atoms with van der Waals surface area (Å²) in [7, 11) is 4.11. The van der Waals surface area contributed by atoms with Gasteiger partial charge in [0.05, 0.1) is 18.9 Å². The number of anilines is 2. The molecule has 8 nitrogen and oxygen atoms in total. The molecule has 0 spiro atoms. The number of ether oxygens (including phenoxy) is 2. The van der Waals surface area contributed by atoms with Crippen LogP contribution in [0.1, 0.15) is 5.56 Å². The lowest BCUT2D eigenvalue weighted by Crippen LogP contribution is -2.91. The highest BCUT2D eigenvalue weighted by atomic mass is 16.6. The molecule has 0 amide bonds. The molecule has 2 aromatic heterocycles. The van der Waals surface area contributed by atoms with Crippen molar-refractivity contribution in [1.29, 1.82) is 0 Å². The Labute approximate surface area is 181 Å². The van der Waals surface area contributed by atoms with Gasteiger partial charge in [-0.3, -0.25) is 0 Å². The molecule has 2 fully saturated rings. The average molecular weight is 423 g/mol. The van der Waals surface area contributed by atoms with Gasteiger partial charge in [0.25, 0.3) is 0 Å². The van der Waals surface area contributed by atoms with Gasteiger partial charge in [0, 0.05) is 31.5 Å². The van der Waals surface area contributed by atoms with Gasteiger partial charge >= 0.3 is 0 Å². The van der Waals surface area contributed by atoms with Crippen LogP contribution in [0.2, 0.25) is 0 Å². The molecule has 2 aliphatic heterocycles. The molecule has 3 N–H and O–H groups in total. The highest BCUT2D eigenvalue weighted by molar-refractivity contribution is 5.53. The van der Waals surface area contributed by atoms with E-state index in [0.29, 0.717) is 19.2 Å². The summed E-state index contributed by atoms with van der Waals surface area (Å²) in [5.74, 6) is 1.27. The fourth-order valence-electron chi connectivity index (χ4n) is 4.23. The van der Waals surface area contributed by atoms with E-state index in [1.807, 2.05) is 18.2 Å². The first-order valence-electron chi connectivity index (χ1n) is 10.6. The number of nitrogens with two attached hydrogens (primary N) is 1. The fourth-order valence-corrected chi connectivity index (χ4v) is 4.23. The first-order valence-corrected chi connectivity index (χ1v) is 10.6. The summed E-state index contributed by atoms with van der Waals surface area (Å²) >= 11 is 0. The Morgan fingerprint density at radius 2 is 1.90 bits per heavy atom. The number of nitrogens with zero attached hydrogens (tertiary/aromatic N) is 3. The van der Waals surface area contributed by atoms with Crippen molar-refractivity contribution in [3.8, 4) is 11.5 Å². The third kappa shape index (κ3) is 4.27. The summed E-state index contributed by atoms with van der Waals surface area (Å²) in [6.07, 6.45) is 3.42. The first-order chi connectivity index (χ1) is 15.2. The van der Waals surface area contributed by atoms with Crippen molar-refractivity contribution in [3.63, 3.8) is 0 Å². The van der Waals surface area contributed by atoms with Crippen molar-refractivity contribution in [2.24, 2.45) is 0 Å². The molecule has 0 radical (unpaired) electrons. The van der Waals surface area contributed by atoms with E-state index >= 15 is 0 Å². The Morgan fingerprint density at radius 1 is 1.06 bits per heavy atom. The van der Waals surface area contributed by atoms with Crippen molar-refractivity contribution in [2.75, 3.05) is 37.5 Å². The van der Waals surface area contributed by atoms with E-state index in [2.05, 4.69) is 63.9 Å². The molecule has 0 aliphatic carbocycles. The third-order valence-corrected chi connectivity index (χ3v) is 5.94. The van der Waals surface area contributed by atoms with Crippen LogP contribution in [-0.2, 0) is 16.0 Å². The molecule has 2 aliphatic rings. The summed E-state index contributed by atoms with van der Waals surface area (Å²) < 4.78 is 17.7. The van der Waals surface area contributed by atoms with E-state index in [-0.39, 0.29) is 24.3 Å². The highest BCUT2D eigenvalue weighted by Gasteiger charge is 2.49. The van der Waals surface area contributed by atoms with E-state index in [1.165, 1.54) is 11.3 Å². The third-order valence-electron chi connectivity index (χ3n) is 5.94. The van der Waals surface area contributed by atoms with Crippen molar-refractivity contribution < 1.29 is 19.2 Å². The zero-order valence-corrected chi connectivity index (χ0v) is 17.8. The van der Waals surface area contributed by atoms with Crippen LogP contribution in [0, 0.1) is 0 Å². The van der Waals surface area contributed by atoms with E-state index in [4.69, 9.17) is 13.9 Å². The lowest BCUT2D eigenvalue weighted by Gasteiger charge is -2.17. The summed E-state index contributed by atoms with van der Waals surface area (Å²) in [4.78, 5) is 11.0. The molecule has 0 unspecified atom stereocenters. The van der Waals surface area contributed by atoms with Gasteiger partial charge in [-0.2, -0.15) is 0 Å². The average Bonchev–Trinajstić information content (AvgIpc) is 3.53. The molecule has 1 aromatic carbocycles. The summed E-state index contributed by atoms with van der Waals surface area (Å²) in [5, 5.41) is 5.72. The molecular weight excluding hydrogens is 394 g/mol. The summed E-state index contributed by atoms with van der Waals surface area (Å²) in [6, 6.07) is 14.5. The second kappa shape index (κ2) is 8.66. The zero-order chi connectivity index (χ0) is 21.2. The summed E-state index contributed by atoms with van der Waals surface area (Å²) in [5.41, 5.74) is 3.25. The highest BCUT2D eigenvalue weighted by Crippen LogP contribution is 2.28. The number of hydrogen-bond acceptors (Lipinski definition) is 7. The van der Waals surface area contributed by atoms with Crippen LogP contribution in [0.4, 0.5) is 11.6 Å². The number of quaternary nitrogens is 1. The minimum absolute atomic E-state index is 0.00626. The molecule has 4 heterocycles. The predicted octanol–water partition coefficient (Wildman–Crippen LogP) is 1.51. The minimum atomic E-state index is -0.00626. The van der Waals surface area contributed by atoms with Gasteiger partial charge in [-0.25, -0.2) is 9.97 Å². The summed E-state index contributed by atoms with van der Waals surface area (Å²) in [6.45, 7) is 2.16. The Kier molecular flexibility index (Phi) is 5.59. The van der Waals surface area contributed by atoms with E-state index in [1.54, 1.807) is 12.5 Å². The molecule has 8 heteroatoms. The van der Waals surface area contributed by atoms with Crippen LogP contribution >= 0.6 is 0 Å². The SMILES string of the molecule is CN(C)c1ccc(C[NH2+][C@H]2CO[C@H]3[C@@H]2OC[C@@H]3Nc2nccc(-c3ccco3)n2)cc1. The lowest BCUT2D eigenvalue weighted by molar-refractivity contribution is -0.707. The van der Waals surface area contributed by atoms with Crippen LogP contribution < -0.4 is 15.5 Å². The fraction of sp³-hybridized carbons (Fsp3) is 0.391. The number of nitrogens with one attached hydrogen (secondary N) is 1. The second-order valence-corrected chi connectivity index (χ2v) is 8.25. The number of rotatable bonds is 7. The molecule has 162 valence electrons. The van der Waals surface area contributed by atoms with Crippen LogP contribution in [0.15, 0.2) is 59.3 Å². The Morgan fingerprint density at radius 3 is 2.68 bits per heavy atom. The molecule has 3 aromatic rings. The number of hydrogen-bond donors (Lipinski definition) is 2. The Bertz CT molecular complexity index is 993. The Hall–Kier alpha value is -2.94. The van der Waals surface area contributed by atoms with Gasteiger partial charge in [0.1, 0.15) is 37.1 Å². The molecule has 0 bridgehead atoms. The Balaban J connectivity index is 1.18. The van der Waals surface area contributed by atoms with E-state index in [0.717, 1.165) is 18.0 Å². The largest absolute Gasteiger partial charge is 0.463 e. The van der Waals surface area contributed by atoms with Crippen molar-refractivity contribution in [3.05, 3.63) is 60.5 Å². The molecule has 4 atom stereocenters. The van der Waals surface area contributed by atoms with Gasteiger partial charge < -0.3 is 29.4 Å². The first kappa shape index (κ1) is 20.0. The van der Waals surface area contributed by atoms with Gasteiger partial charge in [0.2, 0.25) is 5.95 Å². The molecule has 5 rings (SSSR count). The molecule has 2 saturated heterocycles. The quantitative estimate of drug-likeness (QED) is 0.597. The van der Waals surface area contributed by atoms with Crippen molar-refractivity contribution in [2.45, 2.75) is 30.8 Å². The topological polar surface area (TPSA) is 89.3 Å². The maximum absolute atomic E-state index is 6.12. The van der Waals surface area contributed by atoms with Crippen LogP contribution in [-0.4, -0.2) is 61.6 Å². The van der Waals surface area contributed by atoms with Crippen LogP contribution in [0.3, 0.4) is 0 Å². The van der Waals surface area contributed by atoms with Crippen molar-refractivity contribution in [1.82, 2.24) is 9.97 Å². The lowest BCUT2D eigenvalue weighted by atomic mass is 10.1. The normalized spacial score (nSPS) is 24.8. The number of benzene rings is 1.